The van der Waals surface area contributed by atoms with Gasteiger partial charge in [0.25, 0.3) is 5.56 Å². The van der Waals surface area contributed by atoms with Gasteiger partial charge in [-0.3, -0.25) is 19.1 Å². The fourth-order valence-corrected chi connectivity index (χ4v) is 4.07. The normalized spacial score (nSPS) is 10.8. The molecule has 0 fully saturated rings. The summed E-state index contributed by atoms with van der Waals surface area (Å²) in [5.41, 5.74) is 5.72. The number of aromatic nitrogens is 3. The van der Waals surface area contributed by atoms with E-state index in [2.05, 4.69) is 9.97 Å². The number of carbonyl (C=O) groups excluding carboxylic acids is 1. The average molecular weight is 460 g/mol. The molecule has 0 aliphatic heterocycles. The third kappa shape index (κ3) is 5.36. The van der Waals surface area contributed by atoms with Crippen LogP contribution >= 0.6 is 23.4 Å². The van der Waals surface area contributed by atoms with Crippen molar-refractivity contribution in [1.29, 1.82) is 0 Å². The Morgan fingerprint density at radius 2 is 1.97 bits per heavy atom. The summed E-state index contributed by atoms with van der Waals surface area (Å²) in [7, 11) is 0. The summed E-state index contributed by atoms with van der Waals surface area (Å²) in [6, 6.07) is 12.6. The van der Waals surface area contributed by atoms with Crippen LogP contribution in [0, 0.1) is 0 Å². The number of hydrogen-bond donors (Lipinski definition) is 2. The number of nitrogens with zero attached hydrogens (tertiary/aromatic N) is 3. The molecule has 3 rings (SSSR count). The zero-order valence-electron chi connectivity index (χ0n) is 16.9. The standard InChI is InChI=1S/C21H22ClN5O3S/c1-2-11-26(16(28)13-31-20-15(22)9-6-10-24-20)17-18(23)27(21(30)25-19(17)29)12-14-7-4-3-5-8-14/h3-10H,2,11-13,23H2,1H3,(H,25,29,30). The number of halogens is 1. The molecular formula is C21H22ClN5O3S. The summed E-state index contributed by atoms with van der Waals surface area (Å²) in [5, 5.41) is 0.959. The highest BCUT2D eigenvalue weighted by Gasteiger charge is 2.24. The first kappa shape index (κ1) is 22.6. The number of carbonyl (C=O) groups is 1. The van der Waals surface area contributed by atoms with Crippen molar-refractivity contribution >= 4 is 40.8 Å². The Bertz CT molecular complexity index is 1180. The molecule has 162 valence electrons. The highest BCUT2D eigenvalue weighted by atomic mass is 35.5. The van der Waals surface area contributed by atoms with Gasteiger partial charge in [-0.05, 0) is 24.1 Å². The Labute approximate surface area is 188 Å². The molecule has 8 nitrogen and oxygen atoms in total. The van der Waals surface area contributed by atoms with Gasteiger partial charge in [0.1, 0.15) is 10.8 Å². The number of rotatable bonds is 8. The van der Waals surface area contributed by atoms with E-state index in [0.717, 1.165) is 5.56 Å². The Morgan fingerprint density at radius 1 is 1.23 bits per heavy atom. The van der Waals surface area contributed by atoms with Gasteiger partial charge in [0.05, 0.1) is 17.3 Å². The lowest BCUT2D eigenvalue weighted by Gasteiger charge is -2.24. The first-order valence-corrected chi connectivity index (χ1v) is 11.0. The minimum atomic E-state index is -0.700. The van der Waals surface area contributed by atoms with Crippen LogP contribution in [0.4, 0.5) is 11.5 Å². The second kappa shape index (κ2) is 10.3. The van der Waals surface area contributed by atoms with Crippen LogP contribution in [0.3, 0.4) is 0 Å². The van der Waals surface area contributed by atoms with Gasteiger partial charge in [0.2, 0.25) is 5.91 Å². The van der Waals surface area contributed by atoms with E-state index in [4.69, 9.17) is 17.3 Å². The zero-order chi connectivity index (χ0) is 22.4. The van der Waals surface area contributed by atoms with E-state index in [1.165, 1.54) is 21.2 Å². The number of H-pyrrole nitrogens is 1. The number of nitrogen functional groups attached to an aromatic ring is 1. The van der Waals surface area contributed by atoms with Crippen LogP contribution in [-0.2, 0) is 11.3 Å². The van der Waals surface area contributed by atoms with Crippen LogP contribution in [0.15, 0.2) is 63.3 Å². The summed E-state index contributed by atoms with van der Waals surface area (Å²) in [6.07, 6.45) is 2.18. The van der Waals surface area contributed by atoms with Gasteiger partial charge in [-0.2, -0.15) is 0 Å². The van der Waals surface area contributed by atoms with Gasteiger partial charge >= 0.3 is 5.69 Å². The van der Waals surface area contributed by atoms with Crippen molar-refractivity contribution in [3.8, 4) is 0 Å². The molecular weight excluding hydrogens is 438 g/mol. The lowest BCUT2D eigenvalue weighted by Crippen LogP contribution is -2.42. The molecule has 0 aliphatic carbocycles. The molecule has 0 radical (unpaired) electrons. The second-order valence-corrected chi connectivity index (χ2v) is 8.06. The monoisotopic (exact) mass is 459 g/mol. The number of amides is 1. The minimum absolute atomic E-state index is 0.00737. The molecule has 31 heavy (non-hydrogen) atoms. The maximum Gasteiger partial charge on any atom is 0.330 e. The molecule has 1 amide bonds. The summed E-state index contributed by atoms with van der Waals surface area (Å²) < 4.78 is 1.25. The number of anilines is 2. The minimum Gasteiger partial charge on any atom is -0.383 e. The molecule has 0 aliphatic rings. The molecule has 10 heteroatoms. The zero-order valence-corrected chi connectivity index (χ0v) is 18.4. The molecule has 0 bridgehead atoms. The van der Waals surface area contributed by atoms with Gasteiger partial charge in [-0.1, -0.05) is 60.6 Å². The Morgan fingerprint density at radius 3 is 2.65 bits per heavy atom. The van der Waals surface area contributed by atoms with Crippen LogP contribution in [0.5, 0.6) is 0 Å². The van der Waals surface area contributed by atoms with Crippen molar-refractivity contribution < 1.29 is 4.79 Å². The van der Waals surface area contributed by atoms with Crippen LogP contribution < -0.4 is 21.9 Å². The Hall–Kier alpha value is -3.04. The van der Waals surface area contributed by atoms with Crippen LogP contribution in [0.1, 0.15) is 18.9 Å². The summed E-state index contributed by atoms with van der Waals surface area (Å²) in [4.78, 5) is 45.8. The molecule has 0 saturated heterocycles. The number of aromatic amines is 1. The summed E-state index contributed by atoms with van der Waals surface area (Å²) >= 11 is 7.28. The lowest BCUT2D eigenvalue weighted by molar-refractivity contribution is -0.116. The van der Waals surface area contributed by atoms with Crippen LogP contribution in [0.25, 0.3) is 0 Å². The molecule has 0 unspecified atom stereocenters. The van der Waals surface area contributed by atoms with Crippen molar-refractivity contribution in [3.63, 3.8) is 0 Å². The predicted molar refractivity (Wildman–Crippen MR) is 124 cm³/mol. The fraction of sp³-hybridized carbons (Fsp3) is 0.238. The molecule has 0 spiro atoms. The van der Waals surface area contributed by atoms with Gasteiger partial charge in [-0.25, -0.2) is 9.78 Å². The molecule has 0 atom stereocenters. The molecule has 1 aromatic carbocycles. The highest BCUT2D eigenvalue weighted by molar-refractivity contribution is 8.00. The number of hydrogen-bond acceptors (Lipinski definition) is 6. The van der Waals surface area contributed by atoms with E-state index in [9.17, 15) is 14.4 Å². The second-order valence-electron chi connectivity index (χ2n) is 6.69. The average Bonchev–Trinajstić information content (AvgIpc) is 2.76. The van der Waals surface area contributed by atoms with Crippen LogP contribution in [-0.4, -0.2) is 32.7 Å². The number of benzene rings is 1. The maximum absolute atomic E-state index is 13.0. The number of thioether (sulfide) groups is 1. The quantitative estimate of drug-likeness (QED) is 0.500. The van der Waals surface area contributed by atoms with Gasteiger partial charge in [0, 0.05) is 12.7 Å². The third-order valence-electron chi connectivity index (χ3n) is 4.47. The van der Waals surface area contributed by atoms with Gasteiger partial charge < -0.3 is 10.6 Å². The van der Waals surface area contributed by atoms with Gasteiger partial charge in [0.15, 0.2) is 5.69 Å². The van der Waals surface area contributed by atoms with E-state index < -0.39 is 11.2 Å². The largest absolute Gasteiger partial charge is 0.383 e. The molecule has 2 heterocycles. The van der Waals surface area contributed by atoms with Crippen molar-refractivity contribution in [2.75, 3.05) is 22.9 Å². The van der Waals surface area contributed by atoms with Gasteiger partial charge in [-0.15, -0.1) is 0 Å². The summed E-state index contributed by atoms with van der Waals surface area (Å²) in [5.74, 6) is -0.385. The molecule has 2 aromatic heterocycles. The Balaban J connectivity index is 1.93. The Kier molecular flexibility index (Phi) is 7.54. The van der Waals surface area contributed by atoms with E-state index >= 15 is 0 Å². The van der Waals surface area contributed by atoms with Crippen molar-refractivity contribution in [2.24, 2.45) is 0 Å². The predicted octanol–water partition coefficient (Wildman–Crippen LogP) is 2.75. The van der Waals surface area contributed by atoms with Crippen molar-refractivity contribution in [3.05, 3.63) is 80.1 Å². The summed E-state index contributed by atoms with van der Waals surface area (Å²) in [6.45, 7) is 2.32. The first-order valence-electron chi connectivity index (χ1n) is 9.62. The molecule has 3 aromatic rings. The number of nitrogens with two attached hydrogens (primary N) is 1. The van der Waals surface area contributed by atoms with E-state index in [1.54, 1.807) is 18.3 Å². The van der Waals surface area contributed by atoms with E-state index in [1.807, 2.05) is 37.3 Å². The molecule has 3 N–H and O–H groups in total. The maximum atomic E-state index is 13.0. The number of nitrogens with one attached hydrogen (secondary N) is 1. The van der Waals surface area contributed by atoms with Crippen molar-refractivity contribution in [1.82, 2.24) is 14.5 Å². The third-order valence-corrected chi connectivity index (χ3v) is 5.88. The smallest absolute Gasteiger partial charge is 0.330 e. The first-order chi connectivity index (χ1) is 14.9. The SMILES string of the molecule is CCCN(C(=O)CSc1ncccc1Cl)c1c(N)n(Cc2ccccc2)c(=O)[nH]c1=O. The highest BCUT2D eigenvalue weighted by Crippen LogP contribution is 2.26. The molecule has 0 saturated carbocycles. The lowest BCUT2D eigenvalue weighted by atomic mass is 10.2. The number of pyridine rings is 1. The van der Waals surface area contributed by atoms with Crippen molar-refractivity contribution in [2.45, 2.75) is 24.9 Å². The van der Waals surface area contributed by atoms with E-state index in [-0.39, 0.29) is 36.3 Å². The van der Waals surface area contributed by atoms with Crippen LogP contribution in [0.2, 0.25) is 5.02 Å². The van der Waals surface area contributed by atoms with E-state index in [0.29, 0.717) is 16.5 Å². The topological polar surface area (TPSA) is 114 Å². The fourth-order valence-electron chi connectivity index (χ4n) is 3.03.